The molecule has 0 saturated heterocycles. The number of nitrogens with one attached hydrogen (secondary N) is 1. The number of esters is 1. The fraction of sp³-hybridized carbons (Fsp3) is 0.611. The molecule has 0 atom stereocenters. The number of carbonyl (C=O) groups excluding carboxylic acids is 1. The van der Waals surface area contributed by atoms with Crippen molar-refractivity contribution in [2.45, 2.75) is 77.3 Å². The van der Waals surface area contributed by atoms with Crippen LogP contribution in [-0.4, -0.2) is 25.5 Å². The van der Waals surface area contributed by atoms with Crippen LogP contribution < -0.4 is 4.72 Å². The minimum Gasteiger partial charge on any atom is -0.460 e. The summed E-state index contributed by atoms with van der Waals surface area (Å²) in [6.07, 6.45) is 0.653. The topological polar surface area (TPSA) is 72.5 Å². The van der Waals surface area contributed by atoms with E-state index >= 15 is 0 Å². The summed E-state index contributed by atoms with van der Waals surface area (Å²) in [5.74, 6) is -0.291. The van der Waals surface area contributed by atoms with Crippen LogP contribution in [0.3, 0.4) is 0 Å². The highest BCUT2D eigenvalue weighted by Gasteiger charge is 2.24. The first kappa shape index (κ1) is 20.6. The van der Waals surface area contributed by atoms with Crippen molar-refractivity contribution in [1.29, 1.82) is 0 Å². The average molecular weight is 356 g/mol. The summed E-state index contributed by atoms with van der Waals surface area (Å²) in [5.41, 5.74) is 0.390. The molecule has 5 nitrogen and oxygen atoms in total. The van der Waals surface area contributed by atoms with E-state index in [1.54, 1.807) is 39.8 Å². The fourth-order valence-electron chi connectivity index (χ4n) is 2.19. The van der Waals surface area contributed by atoms with Gasteiger partial charge in [-0.15, -0.1) is 0 Å². The third-order valence-corrected chi connectivity index (χ3v) is 4.92. The molecule has 0 radical (unpaired) electrons. The van der Waals surface area contributed by atoms with Crippen molar-refractivity contribution in [2.75, 3.05) is 0 Å². The van der Waals surface area contributed by atoms with Gasteiger partial charge >= 0.3 is 5.97 Å². The van der Waals surface area contributed by atoms with Crippen LogP contribution in [0.25, 0.3) is 0 Å². The molecule has 0 amide bonds. The van der Waals surface area contributed by atoms with Crippen LogP contribution in [0.4, 0.5) is 0 Å². The van der Waals surface area contributed by atoms with Crippen molar-refractivity contribution >= 4 is 16.0 Å². The smallest absolute Gasteiger partial charge is 0.306 e. The molecule has 136 valence electrons. The average Bonchev–Trinajstić information content (AvgIpc) is 2.32. The SMILES string of the molecule is Cc1ccc(CCC(=O)OC(C)(C)C)cc1S(=O)(=O)NC(C)(C)C. The van der Waals surface area contributed by atoms with Crippen LogP contribution in [-0.2, 0) is 26.0 Å². The van der Waals surface area contributed by atoms with Gasteiger partial charge in [0.1, 0.15) is 5.60 Å². The van der Waals surface area contributed by atoms with Gasteiger partial charge < -0.3 is 4.74 Å². The largest absolute Gasteiger partial charge is 0.460 e. The molecule has 0 aliphatic carbocycles. The maximum Gasteiger partial charge on any atom is 0.306 e. The quantitative estimate of drug-likeness (QED) is 0.822. The van der Waals surface area contributed by atoms with Crippen molar-refractivity contribution in [3.05, 3.63) is 29.3 Å². The molecule has 1 N–H and O–H groups in total. The molecule has 0 spiro atoms. The highest BCUT2D eigenvalue weighted by Crippen LogP contribution is 2.20. The maximum absolute atomic E-state index is 12.5. The molecule has 0 aromatic heterocycles. The fourth-order valence-corrected chi connectivity index (χ4v) is 3.90. The van der Waals surface area contributed by atoms with E-state index in [9.17, 15) is 13.2 Å². The van der Waals surface area contributed by atoms with E-state index in [-0.39, 0.29) is 17.3 Å². The van der Waals surface area contributed by atoms with Gasteiger partial charge in [0.15, 0.2) is 0 Å². The summed E-state index contributed by atoms with van der Waals surface area (Å²) in [5, 5.41) is 0. The van der Waals surface area contributed by atoms with Gasteiger partial charge in [0, 0.05) is 12.0 Å². The minimum absolute atomic E-state index is 0.215. The first-order chi connectivity index (χ1) is 10.7. The van der Waals surface area contributed by atoms with Crippen molar-refractivity contribution in [3.8, 4) is 0 Å². The summed E-state index contributed by atoms with van der Waals surface area (Å²) >= 11 is 0. The molecule has 0 unspecified atom stereocenters. The second-order valence-electron chi connectivity index (χ2n) is 8.04. The predicted molar refractivity (Wildman–Crippen MR) is 95.4 cm³/mol. The number of benzene rings is 1. The molecule has 1 aromatic rings. The molecular formula is C18H29NO4S. The molecule has 0 bridgehead atoms. The Labute approximate surface area is 145 Å². The van der Waals surface area contributed by atoms with Crippen LogP contribution >= 0.6 is 0 Å². The highest BCUT2D eigenvalue weighted by atomic mass is 32.2. The molecular weight excluding hydrogens is 326 g/mol. The summed E-state index contributed by atoms with van der Waals surface area (Å²) in [6, 6.07) is 5.24. The van der Waals surface area contributed by atoms with E-state index < -0.39 is 21.2 Å². The third kappa shape index (κ3) is 7.01. The Balaban J connectivity index is 2.93. The first-order valence-corrected chi connectivity index (χ1v) is 9.53. The van der Waals surface area contributed by atoms with Crippen LogP contribution in [0.2, 0.25) is 0 Å². The zero-order chi connectivity index (χ0) is 18.8. The monoisotopic (exact) mass is 355 g/mol. The number of rotatable bonds is 5. The Kier molecular flexibility index (Phi) is 6.22. The first-order valence-electron chi connectivity index (χ1n) is 8.05. The number of aryl methyl sites for hydroxylation is 2. The summed E-state index contributed by atoms with van der Waals surface area (Å²) in [6.45, 7) is 12.6. The van der Waals surface area contributed by atoms with E-state index in [1.165, 1.54) is 0 Å². The normalized spacial score (nSPS) is 13.0. The van der Waals surface area contributed by atoms with E-state index in [2.05, 4.69) is 4.72 Å². The molecule has 6 heteroatoms. The van der Waals surface area contributed by atoms with Crippen molar-refractivity contribution < 1.29 is 17.9 Å². The van der Waals surface area contributed by atoms with Crippen molar-refractivity contribution in [3.63, 3.8) is 0 Å². The Morgan fingerprint density at radius 3 is 2.21 bits per heavy atom. The Morgan fingerprint density at radius 1 is 1.12 bits per heavy atom. The minimum atomic E-state index is -3.60. The van der Waals surface area contributed by atoms with E-state index in [0.717, 1.165) is 5.56 Å². The molecule has 0 aliphatic rings. The third-order valence-electron chi connectivity index (χ3n) is 3.02. The van der Waals surface area contributed by atoms with Gasteiger partial charge in [0.25, 0.3) is 0 Å². The van der Waals surface area contributed by atoms with Crippen LogP contribution in [0, 0.1) is 6.92 Å². The second-order valence-corrected chi connectivity index (χ2v) is 9.69. The van der Waals surface area contributed by atoms with Gasteiger partial charge in [-0.05, 0) is 72.1 Å². The van der Waals surface area contributed by atoms with Gasteiger partial charge in [-0.2, -0.15) is 0 Å². The van der Waals surface area contributed by atoms with Crippen molar-refractivity contribution in [1.82, 2.24) is 4.72 Å². The molecule has 1 rings (SSSR count). The Hall–Kier alpha value is -1.40. The lowest BCUT2D eigenvalue weighted by Crippen LogP contribution is -2.40. The lowest BCUT2D eigenvalue weighted by atomic mass is 10.1. The number of hydrogen-bond donors (Lipinski definition) is 1. The van der Waals surface area contributed by atoms with Crippen LogP contribution in [0.1, 0.15) is 59.1 Å². The van der Waals surface area contributed by atoms with E-state index in [0.29, 0.717) is 12.0 Å². The second kappa shape index (κ2) is 7.23. The number of carbonyl (C=O) groups is 1. The highest BCUT2D eigenvalue weighted by molar-refractivity contribution is 7.89. The van der Waals surface area contributed by atoms with E-state index in [1.807, 2.05) is 26.8 Å². The summed E-state index contributed by atoms with van der Waals surface area (Å²) < 4.78 is 33.0. The standard InChI is InChI=1S/C18H29NO4S/c1-13-8-9-14(10-11-16(20)23-18(5,6)7)12-15(13)24(21,22)19-17(2,3)4/h8-9,12,19H,10-11H2,1-7H3. The van der Waals surface area contributed by atoms with E-state index in [4.69, 9.17) is 4.74 Å². The molecule has 0 heterocycles. The number of ether oxygens (including phenoxy) is 1. The van der Waals surface area contributed by atoms with Crippen LogP contribution in [0.15, 0.2) is 23.1 Å². The number of hydrogen-bond acceptors (Lipinski definition) is 4. The Morgan fingerprint density at radius 2 is 1.71 bits per heavy atom. The van der Waals surface area contributed by atoms with Crippen molar-refractivity contribution in [2.24, 2.45) is 0 Å². The predicted octanol–water partition coefficient (Wildman–Crippen LogP) is 3.35. The lowest BCUT2D eigenvalue weighted by molar-refractivity contribution is -0.154. The lowest BCUT2D eigenvalue weighted by Gasteiger charge is -2.21. The molecule has 0 aliphatic heterocycles. The van der Waals surface area contributed by atoms with Gasteiger partial charge in [-0.25, -0.2) is 13.1 Å². The summed E-state index contributed by atoms with van der Waals surface area (Å²) in [4.78, 5) is 12.1. The maximum atomic E-state index is 12.5. The molecule has 0 saturated carbocycles. The van der Waals surface area contributed by atoms with Gasteiger partial charge in [0.05, 0.1) is 4.90 Å². The molecule has 1 aromatic carbocycles. The zero-order valence-electron chi connectivity index (χ0n) is 15.7. The molecule has 24 heavy (non-hydrogen) atoms. The molecule has 0 fully saturated rings. The van der Waals surface area contributed by atoms with Gasteiger partial charge in [-0.1, -0.05) is 12.1 Å². The summed E-state index contributed by atoms with van der Waals surface area (Å²) in [7, 11) is -3.60. The van der Waals surface area contributed by atoms with Gasteiger partial charge in [0.2, 0.25) is 10.0 Å². The Bertz CT molecular complexity index is 695. The van der Waals surface area contributed by atoms with Gasteiger partial charge in [-0.3, -0.25) is 4.79 Å². The number of sulfonamides is 1. The zero-order valence-corrected chi connectivity index (χ0v) is 16.5. The van der Waals surface area contributed by atoms with Crippen LogP contribution in [0.5, 0.6) is 0 Å².